The van der Waals surface area contributed by atoms with Crippen molar-refractivity contribution in [2.45, 2.75) is 13.0 Å². The molecule has 4 aromatic rings. The van der Waals surface area contributed by atoms with E-state index in [1.165, 1.54) is 10.6 Å². The third kappa shape index (κ3) is 4.99. The predicted molar refractivity (Wildman–Crippen MR) is 141 cm³/mol. The number of piperazine rings is 1. The number of H-pyrrole nitrogens is 1. The Hall–Kier alpha value is -2.92. The molecule has 1 saturated heterocycles. The number of halogens is 2. The Labute approximate surface area is 219 Å². The van der Waals surface area contributed by atoms with E-state index in [4.69, 9.17) is 27.9 Å². The summed E-state index contributed by atoms with van der Waals surface area (Å²) in [6, 6.07) is 11.3. The van der Waals surface area contributed by atoms with Gasteiger partial charge in [0.15, 0.2) is 0 Å². The zero-order valence-electron chi connectivity index (χ0n) is 19.6. The number of anilines is 1. The molecule has 1 aliphatic heterocycles. The molecule has 1 fully saturated rings. The van der Waals surface area contributed by atoms with Gasteiger partial charge in [-0.2, -0.15) is 9.40 Å². The minimum atomic E-state index is -3.17. The van der Waals surface area contributed by atoms with Crippen LogP contribution in [-0.4, -0.2) is 65.3 Å². The van der Waals surface area contributed by atoms with Crippen LogP contribution in [0.4, 0.5) is 5.82 Å². The zero-order valence-corrected chi connectivity index (χ0v) is 22.0. The Morgan fingerprint density at radius 3 is 2.50 bits per heavy atom. The second-order valence-electron chi connectivity index (χ2n) is 8.59. The molecular formula is C24H24Cl2N6O3S. The van der Waals surface area contributed by atoms with Gasteiger partial charge < -0.3 is 9.64 Å². The van der Waals surface area contributed by atoms with Crippen molar-refractivity contribution in [3.8, 4) is 17.0 Å². The highest BCUT2D eigenvalue weighted by molar-refractivity contribution is 7.88. The van der Waals surface area contributed by atoms with Crippen molar-refractivity contribution in [2.24, 2.45) is 0 Å². The van der Waals surface area contributed by atoms with Gasteiger partial charge >= 0.3 is 0 Å². The van der Waals surface area contributed by atoms with Gasteiger partial charge in [-0.3, -0.25) is 5.10 Å². The minimum Gasteiger partial charge on any atom is -0.486 e. The molecular weight excluding hydrogens is 523 g/mol. The fourth-order valence-corrected chi connectivity index (χ4v) is 5.79. The second kappa shape index (κ2) is 9.85. The minimum absolute atomic E-state index is 0.309. The molecule has 3 aromatic heterocycles. The number of ether oxygens (including phenoxy) is 1. The summed E-state index contributed by atoms with van der Waals surface area (Å²) in [7, 11) is -3.17. The third-order valence-electron chi connectivity index (χ3n) is 6.19. The number of fused-ring (bicyclic) bond motifs is 1. The van der Waals surface area contributed by atoms with E-state index in [9.17, 15) is 8.42 Å². The average Bonchev–Trinajstić information content (AvgIpc) is 3.27. The van der Waals surface area contributed by atoms with Gasteiger partial charge in [-0.1, -0.05) is 23.2 Å². The lowest BCUT2D eigenvalue weighted by Crippen LogP contribution is -2.48. The van der Waals surface area contributed by atoms with Crippen molar-refractivity contribution in [3.05, 3.63) is 64.5 Å². The van der Waals surface area contributed by atoms with Gasteiger partial charge in [0, 0.05) is 55.1 Å². The van der Waals surface area contributed by atoms with Crippen LogP contribution in [-0.2, 0) is 10.0 Å². The molecule has 0 radical (unpaired) electrons. The van der Waals surface area contributed by atoms with Crippen molar-refractivity contribution >= 4 is 49.9 Å². The highest BCUT2D eigenvalue weighted by Gasteiger charge is 2.24. The van der Waals surface area contributed by atoms with Crippen LogP contribution in [0.15, 0.2) is 48.8 Å². The molecule has 0 saturated carbocycles. The van der Waals surface area contributed by atoms with E-state index in [1.807, 2.05) is 37.3 Å². The van der Waals surface area contributed by atoms with Gasteiger partial charge in [0.1, 0.15) is 28.5 Å². The van der Waals surface area contributed by atoms with Crippen LogP contribution in [0.5, 0.6) is 5.75 Å². The molecule has 4 heterocycles. The van der Waals surface area contributed by atoms with Crippen LogP contribution >= 0.6 is 23.2 Å². The highest BCUT2D eigenvalue weighted by atomic mass is 35.5. The van der Waals surface area contributed by atoms with Crippen LogP contribution in [0.25, 0.3) is 22.2 Å². The van der Waals surface area contributed by atoms with Gasteiger partial charge in [-0.15, -0.1) is 0 Å². The summed E-state index contributed by atoms with van der Waals surface area (Å²) in [5, 5.41) is 9.24. The summed E-state index contributed by atoms with van der Waals surface area (Å²) in [6.45, 7) is 3.95. The smallest absolute Gasteiger partial charge is 0.211 e. The number of nitrogens with zero attached hydrogens (tertiary/aromatic N) is 5. The molecule has 1 unspecified atom stereocenters. The maximum absolute atomic E-state index is 11.8. The lowest BCUT2D eigenvalue weighted by atomic mass is 10.1. The largest absolute Gasteiger partial charge is 0.486 e. The van der Waals surface area contributed by atoms with Crippen LogP contribution in [0.2, 0.25) is 10.2 Å². The van der Waals surface area contributed by atoms with Gasteiger partial charge in [0.05, 0.1) is 16.8 Å². The van der Waals surface area contributed by atoms with E-state index in [1.54, 1.807) is 18.5 Å². The maximum atomic E-state index is 11.8. The van der Waals surface area contributed by atoms with Gasteiger partial charge in [0.2, 0.25) is 10.0 Å². The summed E-state index contributed by atoms with van der Waals surface area (Å²) in [5.74, 6) is 1.44. The molecule has 0 bridgehead atoms. The summed E-state index contributed by atoms with van der Waals surface area (Å²) >= 11 is 12.5. The summed E-state index contributed by atoms with van der Waals surface area (Å²) < 4.78 is 31.1. The predicted octanol–water partition coefficient (Wildman–Crippen LogP) is 4.55. The first-order valence-electron chi connectivity index (χ1n) is 11.3. The van der Waals surface area contributed by atoms with E-state index in [-0.39, 0.29) is 0 Å². The Morgan fingerprint density at radius 2 is 1.83 bits per heavy atom. The number of hydrogen-bond donors (Lipinski definition) is 1. The molecule has 0 spiro atoms. The molecule has 1 aliphatic rings. The lowest BCUT2D eigenvalue weighted by Gasteiger charge is -2.33. The number of rotatable bonds is 6. The molecule has 1 N–H and O–H groups in total. The standard InChI is InChI=1S/C24H24Cl2N6O3S/c1-15(22-19(25)7-8-27-24(22)26)35-17-4-5-20-18(13-17)23(30-29-20)16-3-6-21(28-14-16)31-9-11-32(12-10-31)36(2,33)34/h3-8,13-15H,9-12H2,1-2H3,(H,29,30). The monoisotopic (exact) mass is 546 g/mol. The number of pyridine rings is 2. The number of hydrogen-bond acceptors (Lipinski definition) is 7. The summed E-state index contributed by atoms with van der Waals surface area (Å²) in [6.07, 6.45) is 4.17. The van der Waals surface area contributed by atoms with Crippen LogP contribution in [0.3, 0.4) is 0 Å². The summed E-state index contributed by atoms with van der Waals surface area (Å²) in [4.78, 5) is 10.8. The third-order valence-corrected chi connectivity index (χ3v) is 8.13. The molecule has 5 rings (SSSR count). The number of aromatic nitrogens is 4. The Kier molecular flexibility index (Phi) is 6.78. The topological polar surface area (TPSA) is 104 Å². The Bertz CT molecular complexity index is 1480. The van der Waals surface area contributed by atoms with Crippen molar-refractivity contribution in [1.29, 1.82) is 0 Å². The maximum Gasteiger partial charge on any atom is 0.211 e. The van der Waals surface area contributed by atoms with Crippen molar-refractivity contribution in [1.82, 2.24) is 24.5 Å². The Balaban J connectivity index is 1.35. The zero-order chi connectivity index (χ0) is 25.4. The van der Waals surface area contributed by atoms with Gasteiger partial charge in [0.25, 0.3) is 0 Å². The molecule has 9 nitrogen and oxygen atoms in total. The van der Waals surface area contributed by atoms with E-state index in [2.05, 4.69) is 25.1 Å². The van der Waals surface area contributed by atoms with E-state index < -0.39 is 16.1 Å². The van der Waals surface area contributed by atoms with E-state index >= 15 is 0 Å². The molecule has 1 aromatic carbocycles. The molecule has 12 heteroatoms. The average molecular weight is 547 g/mol. The fraction of sp³-hybridized carbons (Fsp3) is 0.292. The van der Waals surface area contributed by atoms with Crippen LogP contribution in [0.1, 0.15) is 18.6 Å². The number of aromatic amines is 1. The van der Waals surface area contributed by atoms with Gasteiger partial charge in [-0.25, -0.2) is 18.4 Å². The molecule has 188 valence electrons. The Morgan fingerprint density at radius 1 is 1.06 bits per heavy atom. The normalized spacial score (nSPS) is 15.8. The number of sulfonamides is 1. The second-order valence-corrected chi connectivity index (χ2v) is 11.3. The lowest BCUT2D eigenvalue weighted by molar-refractivity contribution is 0.227. The van der Waals surface area contributed by atoms with E-state index in [0.717, 1.165) is 28.0 Å². The van der Waals surface area contributed by atoms with Crippen molar-refractivity contribution < 1.29 is 13.2 Å². The SMILES string of the molecule is CC(Oc1ccc2[nH]nc(-c3ccc(N4CCN(S(C)(=O)=O)CC4)nc3)c2c1)c1c(Cl)ccnc1Cl. The molecule has 0 aliphatic carbocycles. The summed E-state index contributed by atoms with van der Waals surface area (Å²) in [5.41, 5.74) is 3.10. The van der Waals surface area contributed by atoms with Crippen molar-refractivity contribution in [3.63, 3.8) is 0 Å². The molecule has 1 atom stereocenters. The molecule has 36 heavy (non-hydrogen) atoms. The van der Waals surface area contributed by atoms with E-state index in [0.29, 0.717) is 47.7 Å². The first-order chi connectivity index (χ1) is 17.2. The van der Waals surface area contributed by atoms with Crippen LogP contribution in [0, 0.1) is 0 Å². The number of nitrogens with one attached hydrogen (secondary N) is 1. The first-order valence-corrected chi connectivity index (χ1v) is 13.9. The first kappa shape index (κ1) is 24.8. The quantitative estimate of drug-likeness (QED) is 0.353. The highest BCUT2D eigenvalue weighted by Crippen LogP contribution is 2.34. The fourth-order valence-electron chi connectivity index (χ4n) is 4.30. The van der Waals surface area contributed by atoms with Crippen LogP contribution < -0.4 is 9.64 Å². The number of benzene rings is 1. The molecule has 0 amide bonds. The van der Waals surface area contributed by atoms with Gasteiger partial charge in [-0.05, 0) is 43.3 Å². The van der Waals surface area contributed by atoms with Crippen molar-refractivity contribution in [2.75, 3.05) is 37.3 Å².